The minimum Gasteiger partial charge on any atom is -0.493 e. The number of aromatic nitrogens is 1. The number of carbonyl (C=O) groups is 3. The summed E-state index contributed by atoms with van der Waals surface area (Å²) in [5.74, 6) is -0.707. The zero-order chi connectivity index (χ0) is 30.7. The quantitative estimate of drug-likeness (QED) is 0.264. The van der Waals surface area contributed by atoms with E-state index in [4.69, 9.17) is 9.47 Å². The van der Waals surface area contributed by atoms with Crippen LogP contribution in [0.3, 0.4) is 0 Å². The van der Waals surface area contributed by atoms with Gasteiger partial charge >= 0.3 is 5.97 Å². The minimum atomic E-state index is -0.916. The van der Waals surface area contributed by atoms with Gasteiger partial charge in [0.25, 0.3) is 5.91 Å². The van der Waals surface area contributed by atoms with Crippen LogP contribution in [-0.4, -0.2) is 35.9 Å². The highest BCUT2D eigenvalue weighted by Crippen LogP contribution is 2.43. The second-order valence-corrected chi connectivity index (χ2v) is 11.8. The van der Waals surface area contributed by atoms with E-state index in [1.807, 2.05) is 6.92 Å². The number of amides is 2. The lowest BCUT2D eigenvalue weighted by Gasteiger charge is -2.19. The largest absolute Gasteiger partial charge is 0.493 e. The lowest BCUT2D eigenvalue weighted by atomic mass is 9.92. The number of esters is 1. The Labute approximate surface area is 252 Å². The average Bonchev–Trinajstić information content (AvgIpc) is 3.91. The molecule has 1 atom stereocenters. The van der Waals surface area contributed by atoms with Crippen LogP contribution in [0.15, 0.2) is 66.5 Å². The number of rotatable bonds is 11. The van der Waals surface area contributed by atoms with Crippen molar-refractivity contribution in [2.45, 2.75) is 71.3 Å². The zero-order valence-electron chi connectivity index (χ0n) is 25.4. The fraction of sp³-hybridized carbons (Fsp3) is 0.371. The van der Waals surface area contributed by atoms with Crippen LogP contribution >= 0.6 is 0 Å². The average molecular weight is 582 g/mol. The maximum atomic E-state index is 13.4. The highest BCUT2D eigenvalue weighted by atomic mass is 16.6. The summed E-state index contributed by atoms with van der Waals surface area (Å²) >= 11 is 0. The van der Waals surface area contributed by atoms with Gasteiger partial charge in [0, 0.05) is 23.5 Å². The third-order valence-corrected chi connectivity index (χ3v) is 7.85. The molecule has 8 heteroatoms. The molecule has 0 saturated heterocycles. The van der Waals surface area contributed by atoms with E-state index in [-0.39, 0.29) is 23.1 Å². The zero-order valence-corrected chi connectivity index (χ0v) is 25.4. The maximum absolute atomic E-state index is 13.4. The fourth-order valence-corrected chi connectivity index (χ4v) is 5.09. The molecule has 1 aromatic heterocycles. The van der Waals surface area contributed by atoms with Crippen molar-refractivity contribution in [1.82, 2.24) is 15.6 Å². The first-order valence-corrected chi connectivity index (χ1v) is 14.9. The molecule has 2 aliphatic carbocycles. The third-order valence-electron chi connectivity index (χ3n) is 7.85. The molecule has 0 unspecified atom stereocenters. The summed E-state index contributed by atoms with van der Waals surface area (Å²) in [5.41, 5.74) is 6.22. The van der Waals surface area contributed by atoms with Crippen molar-refractivity contribution in [3.05, 3.63) is 94.4 Å². The van der Waals surface area contributed by atoms with Gasteiger partial charge < -0.3 is 20.1 Å². The van der Waals surface area contributed by atoms with E-state index >= 15 is 0 Å². The Kier molecular flexibility index (Phi) is 8.94. The standard InChI is InChI=1S/C35H39N3O5/c1-20(2)35(41)43-32-29(42-5)16-17-36-31(32)34(40)38-22(4)33(39)37-21(3)30(27-10-6-8-25(18-27)23-12-13-23)28-11-7-9-26(19-28)24-14-15-24/h6-11,16-20,22-24H,12-15H2,1-5H3,(H,37,39)(H,38,40)/t22-/m0/s1. The van der Waals surface area contributed by atoms with E-state index in [0.29, 0.717) is 17.5 Å². The second-order valence-electron chi connectivity index (χ2n) is 11.8. The molecule has 0 radical (unpaired) electrons. The lowest BCUT2D eigenvalue weighted by molar-refractivity contribution is -0.137. The van der Waals surface area contributed by atoms with Crippen molar-refractivity contribution < 1.29 is 23.9 Å². The number of methoxy groups -OCH3 is 1. The summed E-state index contributed by atoms with van der Waals surface area (Å²) in [5, 5.41) is 5.74. The van der Waals surface area contributed by atoms with Crippen molar-refractivity contribution in [1.29, 1.82) is 0 Å². The molecule has 0 spiro atoms. The van der Waals surface area contributed by atoms with Gasteiger partial charge in [-0.1, -0.05) is 62.4 Å². The maximum Gasteiger partial charge on any atom is 0.313 e. The van der Waals surface area contributed by atoms with Gasteiger partial charge in [0.2, 0.25) is 11.7 Å². The van der Waals surface area contributed by atoms with Crippen LogP contribution in [0.4, 0.5) is 0 Å². The van der Waals surface area contributed by atoms with Crippen molar-refractivity contribution in [2.75, 3.05) is 7.11 Å². The van der Waals surface area contributed by atoms with Crippen LogP contribution in [0.25, 0.3) is 5.57 Å². The molecule has 2 fully saturated rings. The molecule has 2 N–H and O–H groups in total. The summed E-state index contributed by atoms with van der Waals surface area (Å²) in [6, 6.07) is 17.7. The predicted octanol–water partition coefficient (Wildman–Crippen LogP) is 6.12. The first-order valence-electron chi connectivity index (χ1n) is 14.9. The third kappa shape index (κ3) is 7.13. The molecule has 2 aliphatic rings. The summed E-state index contributed by atoms with van der Waals surface area (Å²) in [7, 11) is 1.41. The first-order chi connectivity index (χ1) is 20.7. The van der Waals surface area contributed by atoms with Gasteiger partial charge in [-0.3, -0.25) is 14.4 Å². The molecule has 2 aromatic carbocycles. The van der Waals surface area contributed by atoms with E-state index in [0.717, 1.165) is 16.7 Å². The summed E-state index contributed by atoms with van der Waals surface area (Å²) < 4.78 is 10.8. The smallest absolute Gasteiger partial charge is 0.313 e. The Bertz CT molecular complexity index is 1510. The number of ether oxygens (including phenoxy) is 2. The summed E-state index contributed by atoms with van der Waals surface area (Å²) in [6.45, 7) is 6.86. The van der Waals surface area contributed by atoms with Crippen LogP contribution in [0.5, 0.6) is 11.5 Å². The highest BCUT2D eigenvalue weighted by molar-refractivity contribution is 6.00. The van der Waals surface area contributed by atoms with Crippen molar-refractivity contribution in [2.24, 2.45) is 5.92 Å². The molecule has 0 bridgehead atoms. The molecule has 5 rings (SSSR count). The van der Waals surface area contributed by atoms with Gasteiger partial charge in [0.15, 0.2) is 11.4 Å². The number of hydrogen-bond acceptors (Lipinski definition) is 6. The summed E-state index contributed by atoms with van der Waals surface area (Å²) in [4.78, 5) is 43.2. The monoisotopic (exact) mass is 581 g/mol. The Morgan fingerprint density at radius 1 is 0.884 bits per heavy atom. The molecule has 2 amide bonds. The number of nitrogens with zero attached hydrogens (tertiary/aromatic N) is 1. The number of allylic oxidation sites excluding steroid dienone is 1. The summed E-state index contributed by atoms with van der Waals surface area (Å²) in [6.07, 6.45) is 6.19. The van der Waals surface area contributed by atoms with Gasteiger partial charge in [-0.2, -0.15) is 0 Å². The highest BCUT2D eigenvalue weighted by Gasteiger charge is 2.28. The van der Waals surface area contributed by atoms with Crippen LogP contribution in [0.1, 0.15) is 98.0 Å². The number of carbonyl (C=O) groups excluding carboxylic acids is 3. The van der Waals surface area contributed by atoms with Crippen molar-refractivity contribution in [3.63, 3.8) is 0 Å². The van der Waals surface area contributed by atoms with Crippen LogP contribution in [-0.2, 0) is 9.59 Å². The molecule has 8 nitrogen and oxygen atoms in total. The normalized spacial score (nSPS) is 14.9. The van der Waals surface area contributed by atoms with E-state index in [2.05, 4.69) is 64.1 Å². The molecular formula is C35H39N3O5. The molecule has 0 aliphatic heterocycles. The topological polar surface area (TPSA) is 107 Å². The van der Waals surface area contributed by atoms with Gasteiger partial charge in [-0.05, 0) is 73.6 Å². The minimum absolute atomic E-state index is 0.0849. The van der Waals surface area contributed by atoms with Crippen LogP contribution < -0.4 is 20.1 Å². The van der Waals surface area contributed by atoms with E-state index in [9.17, 15) is 14.4 Å². The van der Waals surface area contributed by atoms with Crippen molar-refractivity contribution >= 4 is 23.4 Å². The Balaban J connectivity index is 1.40. The number of nitrogens with one attached hydrogen (secondary N) is 2. The van der Waals surface area contributed by atoms with Crippen molar-refractivity contribution in [3.8, 4) is 11.5 Å². The second kappa shape index (κ2) is 12.8. The number of benzene rings is 2. The first kappa shape index (κ1) is 30.0. The predicted molar refractivity (Wildman–Crippen MR) is 165 cm³/mol. The molecule has 43 heavy (non-hydrogen) atoms. The number of hydrogen-bond donors (Lipinski definition) is 2. The Hall–Kier alpha value is -4.46. The van der Waals surface area contributed by atoms with E-state index in [1.165, 1.54) is 56.2 Å². The van der Waals surface area contributed by atoms with Gasteiger partial charge in [0.1, 0.15) is 6.04 Å². The van der Waals surface area contributed by atoms with Crippen LogP contribution in [0, 0.1) is 5.92 Å². The van der Waals surface area contributed by atoms with Gasteiger partial charge in [-0.15, -0.1) is 0 Å². The van der Waals surface area contributed by atoms with Gasteiger partial charge in [-0.25, -0.2) is 4.98 Å². The fourth-order valence-electron chi connectivity index (χ4n) is 5.09. The molecule has 224 valence electrons. The number of pyridine rings is 1. The Morgan fingerprint density at radius 3 is 1.98 bits per heavy atom. The molecular weight excluding hydrogens is 542 g/mol. The SMILES string of the molecule is COc1ccnc(C(=O)N[C@@H](C)C(=O)NC(C)=C(c2cccc(C3CC3)c2)c2cccc(C3CC3)c2)c1OC(=O)C(C)C. The van der Waals surface area contributed by atoms with E-state index < -0.39 is 23.8 Å². The van der Waals surface area contributed by atoms with Gasteiger partial charge in [0.05, 0.1) is 13.0 Å². The van der Waals surface area contributed by atoms with Crippen LogP contribution in [0.2, 0.25) is 0 Å². The van der Waals surface area contributed by atoms with E-state index in [1.54, 1.807) is 20.8 Å². The molecule has 3 aromatic rings. The molecule has 1 heterocycles. The molecule has 2 saturated carbocycles. The Morgan fingerprint density at radius 2 is 1.47 bits per heavy atom. The lowest BCUT2D eigenvalue weighted by Crippen LogP contribution is -2.44.